The standard InChI is InChI=1S/C16H18BrNO2S/c1-10(5-13-4-3-11(2)21-13)18-8-12-6-14(17)16-15(7-12)19-9-20-16/h3-4,6-7,10,18H,5,8-9H2,1-2H3. The van der Waals surface area contributed by atoms with Gasteiger partial charge in [-0.1, -0.05) is 0 Å². The van der Waals surface area contributed by atoms with Gasteiger partial charge in [-0.15, -0.1) is 11.3 Å². The van der Waals surface area contributed by atoms with Gasteiger partial charge in [-0.05, 0) is 66.0 Å². The molecular weight excluding hydrogens is 350 g/mol. The molecule has 21 heavy (non-hydrogen) atoms. The van der Waals surface area contributed by atoms with E-state index in [1.807, 2.05) is 17.4 Å². The Balaban J connectivity index is 1.58. The van der Waals surface area contributed by atoms with Gasteiger partial charge in [0.05, 0.1) is 4.47 Å². The van der Waals surface area contributed by atoms with Gasteiger partial charge in [0.1, 0.15) is 0 Å². The summed E-state index contributed by atoms with van der Waals surface area (Å²) in [6.45, 7) is 5.49. The summed E-state index contributed by atoms with van der Waals surface area (Å²) in [7, 11) is 0. The van der Waals surface area contributed by atoms with Crippen molar-refractivity contribution in [1.82, 2.24) is 5.32 Å². The van der Waals surface area contributed by atoms with Crippen LogP contribution in [0.1, 0.15) is 22.2 Å². The van der Waals surface area contributed by atoms with E-state index in [0.29, 0.717) is 12.8 Å². The fraction of sp³-hybridized carbons (Fsp3) is 0.375. The lowest BCUT2D eigenvalue weighted by molar-refractivity contribution is 0.173. The van der Waals surface area contributed by atoms with Gasteiger partial charge in [0.15, 0.2) is 11.5 Å². The normalized spacial score (nSPS) is 14.4. The summed E-state index contributed by atoms with van der Waals surface area (Å²) in [5.41, 5.74) is 1.19. The van der Waals surface area contributed by atoms with Gasteiger partial charge in [-0.2, -0.15) is 0 Å². The van der Waals surface area contributed by atoms with Crippen molar-refractivity contribution >= 4 is 27.3 Å². The van der Waals surface area contributed by atoms with E-state index in [2.05, 4.69) is 53.3 Å². The van der Waals surface area contributed by atoms with Gasteiger partial charge in [0.25, 0.3) is 0 Å². The first kappa shape index (κ1) is 14.9. The zero-order valence-electron chi connectivity index (χ0n) is 12.1. The molecule has 5 heteroatoms. The summed E-state index contributed by atoms with van der Waals surface area (Å²) >= 11 is 5.40. The van der Waals surface area contributed by atoms with E-state index in [-0.39, 0.29) is 0 Å². The number of rotatable bonds is 5. The van der Waals surface area contributed by atoms with Crippen molar-refractivity contribution in [3.05, 3.63) is 44.1 Å². The number of fused-ring (bicyclic) bond motifs is 1. The summed E-state index contributed by atoms with van der Waals surface area (Å²) in [6.07, 6.45) is 1.06. The first-order valence-electron chi connectivity index (χ1n) is 6.98. The Bertz CT molecular complexity index is 641. The number of halogens is 1. The highest BCUT2D eigenvalue weighted by atomic mass is 79.9. The van der Waals surface area contributed by atoms with Crippen molar-refractivity contribution < 1.29 is 9.47 Å². The molecule has 0 spiro atoms. The quantitative estimate of drug-likeness (QED) is 0.855. The Morgan fingerprint density at radius 1 is 1.33 bits per heavy atom. The van der Waals surface area contributed by atoms with Crippen LogP contribution in [0.25, 0.3) is 0 Å². The van der Waals surface area contributed by atoms with Crippen LogP contribution < -0.4 is 14.8 Å². The second kappa shape index (κ2) is 6.38. The number of hydrogen-bond acceptors (Lipinski definition) is 4. The molecule has 0 amide bonds. The van der Waals surface area contributed by atoms with E-state index in [1.165, 1.54) is 15.3 Å². The second-order valence-electron chi connectivity index (χ2n) is 5.31. The Morgan fingerprint density at radius 2 is 2.19 bits per heavy atom. The highest BCUT2D eigenvalue weighted by molar-refractivity contribution is 9.10. The number of ether oxygens (including phenoxy) is 2. The Hall–Kier alpha value is -1.04. The van der Waals surface area contributed by atoms with Gasteiger partial charge in [0.2, 0.25) is 6.79 Å². The van der Waals surface area contributed by atoms with E-state index in [1.54, 1.807) is 0 Å². The van der Waals surface area contributed by atoms with Crippen LogP contribution in [0.3, 0.4) is 0 Å². The Kier molecular flexibility index (Phi) is 4.52. The molecule has 1 aromatic heterocycles. The topological polar surface area (TPSA) is 30.5 Å². The molecule has 1 atom stereocenters. The molecule has 1 N–H and O–H groups in total. The van der Waals surface area contributed by atoms with Crippen LogP contribution >= 0.6 is 27.3 Å². The minimum absolute atomic E-state index is 0.305. The van der Waals surface area contributed by atoms with Crippen molar-refractivity contribution in [3.8, 4) is 11.5 Å². The minimum atomic E-state index is 0.305. The summed E-state index contributed by atoms with van der Waals surface area (Å²) < 4.78 is 11.8. The Morgan fingerprint density at radius 3 is 2.95 bits per heavy atom. The van der Waals surface area contributed by atoms with Crippen LogP contribution in [0.15, 0.2) is 28.7 Å². The number of aryl methyl sites for hydroxylation is 1. The van der Waals surface area contributed by atoms with Crippen molar-refractivity contribution in [1.29, 1.82) is 0 Å². The van der Waals surface area contributed by atoms with Crippen LogP contribution in [0.2, 0.25) is 0 Å². The maximum atomic E-state index is 5.45. The monoisotopic (exact) mass is 367 g/mol. The largest absolute Gasteiger partial charge is 0.454 e. The predicted molar refractivity (Wildman–Crippen MR) is 89.3 cm³/mol. The molecule has 0 fully saturated rings. The highest BCUT2D eigenvalue weighted by Gasteiger charge is 2.18. The SMILES string of the molecule is Cc1ccc(CC(C)NCc2cc(Br)c3c(c2)OCO3)s1. The fourth-order valence-corrected chi connectivity index (χ4v) is 4.01. The summed E-state index contributed by atoms with van der Waals surface area (Å²) in [5, 5.41) is 3.56. The van der Waals surface area contributed by atoms with Crippen LogP contribution in [-0.4, -0.2) is 12.8 Å². The molecule has 3 rings (SSSR count). The molecule has 3 nitrogen and oxygen atoms in total. The first-order chi connectivity index (χ1) is 10.1. The van der Waals surface area contributed by atoms with Gasteiger partial charge in [0, 0.05) is 22.3 Å². The van der Waals surface area contributed by atoms with E-state index < -0.39 is 0 Å². The molecular formula is C16H18BrNO2S. The van der Waals surface area contributed by atoms with Gasteiger partial charge in [-0.3, -0.25) is 0 Å². The molecule has 0 radical (unpaired) electrons. The summed E-state index contributed by atoms with van der Waals surface area (Å²) in [4.78, 5) is 2.80. The molecule has 112 valence electrons. The number of hydrogen-bond donors (Lipinski definition) is 1. The molecule has 2 heterocycles. The number of nitrogens with one attached hydrogen (secondary N) is 1. The lowest BCUT2D eigenvalue weighted by Crippen LogP contribution is -2.27. The molecule has 1 aliphatic rings. The molecule has 1 unspecified atom stereocenters. The summed E-state index contributed by atoms with van der Waals surface area (Å²) in [5.74, 6) is 1.63. The van der Waals surface area contributed by atoms with Gasteiger partial charge in [-0.25, -0.2) is 0 Å². The average molecular weight is 368 g/mol. The van der Waals surface area contributed by atoms with Crippen LogP contribution in [0.5, 0.6) is 11.5 Å². The Labute approximate surface area is 137 Å². The maximum absolute atomic E-state index is 5.45. The smallest absolute Gasteiger partial charge is 0.231 e. The lowest BCUT2D eigenvalue weighted by Gasteiger charge is -2.13. The average Bonchev–Trinajstić information content (AvgIpc) is 3.06. The maximum Gasteiger partial charge on any atom is 0.231 e. The van der Waals surface area contributed by atoms with Crippen molar-refractivity contribution in [2.24, 2.45) is 0 Å². The van der Waals surface area contributed by atoms with Crippen LogP contribution in [0.4, 0.5) is 0 Å². The molecule has 0 saturated heterocycles. The van der Waals surface area contributed by atoms with E-state index in [9.17, 15) is 0 Å². The second-order valence-corrected chi connectivity index (χ2v) is 7.54. The molecule has 1 aromatic carbocycles. The van der Waals surface area contributed by atoms with E-state index in [4.69, 9.17) is 9.47 Å². The summed E-state index contributed by atoms with van der Waals surface area (Å²) in [6, 6.07) is 8.97. The predicted octanol–water partition coefficient (Wildman–Crippen LogP) is 4.27. The number of thiophene rings is 1. The fourth-order valence-electron chi connectivity index (χ4n) is 2.38. The van der Waals surface area contributed by atoms with Crippen molar-refractivity contribution in [2.45, 2.75) is 32.9 Å². The molecule has 0 saturated carbocycles. The van der Waals surface area contributed by atoms with Crippen molar-refractivity contribution in [2.75, 3.05) is 6.79 Å². The van der Waals surface area contributed by atoms with Gasteiger partial charge < -0.3 is 14.8 Å². The zero-order chi connectivity index (χ0) is 14.8. The molecule has 2 aromatic rings. The van der Waals surface area contributed by atoms with Crippen LogP contribution in [-0.2, 0) is 13.0 Å². The minimum Gasteiger partial charge on any atom is -0.454 e. The zero-order valence-corrected chi connectivity index (χ0v) is 14.5. The van der Waals surface area contributed by atoms with Crippen molar-refractivity contribution in [3.63, 3.8) is 0 Å². The lowest BCUT2D eigenvalue weighted by atomic mass is 10.1. The third-order valence-corrected chi connectivity index (χ3v) is 5.06. The third kappa shape index (κ3) is 3.59. The van der Waals surface area contributed by atoms with Crippen LogP contribution in [0, 0.1) is 6.92 Å². The highest BCUT2D eigenvalue weighted by Crippen LogP contribution is 2.39. The molecule has 0 bridgehead atoms. The van der Waals surface area contributed by atoms with Gasteiger partial charge >= 0.3 is 0 Å². The first-order valence-corrected chi connectivity index (χ1v) is 8.59. The van der Waals surface area contributed by atoms with E-state index in [0.717, 1.165) is 28.9 Å². The third-order valence-electron chi connectivity index (χ3n) is 3.45. The molecule has 0 aliphatic carbocycles. The molecule has 1 aliphatic heterocycles. The van der Waals surface area contributed by atoms with E-state index >= 15 is 0 Å². The number of benzene rings is 1.